The first-order chi connectivity index (χ1) is 19.9. The van der Waals surface area contributed by atoms with Crippen LogP contribution in [-0.4, -0.2) is 80.1 Å². The van der Waals surface area contributed by atoms with Crippen LogP contribution in [0.15, 0.2) is 48.3 Å². The molecule has 8 nitrogen and oxygen atoms in total. The van der Waals surface area contributed by atoms with Crippen LogP contribution in [0, 0.1) is 5.82 Å². The smallest absolute Gasteiger partial charge is 0.410 e. The van der Waals surface area contributed by atoms with Crippen LogP contribution in [0.2, 0.25) is 0 Å². The van der Waals surface area contributed by atoms with E-state index in [1.807, 2.05) is 6.08 Å². The summed E-state index contributed by atoms with van der Waals surface area (Å²) in [6.45, 7) is 13.7. The lowest BCUT2D eigenvalue weighted by atomic mass is 9.89. The van der Waals surface area contributed by atoms with Gasteiger partial charge in [0.05, 0.1) is 6.10 Å². The third-order valence-electron chi connectivity index (χ3n) is 7.74. The number of nitrogens with zero attached hydrogens (tertiary/aromatic N) is 3. The minimum Gasteiger partial charge on any atom is -0.447 e. The van der Waals surface area contributed by atoms with Crippen LogP contribution in [0.5, 0.6) is 0 Å². The summed E-state index contributed by atoms with van der Waals surface area (Å²) in [5.74, 6) is -0.409. The molecule has 1 fully saturated rings. The molecule has 0 bridgehead atoms. The molecule has 3 aliphatic heterocycles. The zero-order valence-corrected chi connectivity index (χ0v) is 25.0. The first-order valence-electron chi connectivity index (χ1n) is 14.1. The van der Waals surface area contributed by atoms with Crippen molar-refractivity contribution in [3.63, 3.8) is 0 Å². The largest absolute Gasteiger partial charge is 0.447 e. The summed E-state index contributed by atoms with van der Waals surface area (Å²) in [6.07, 6.45) is 2.70. The van der Waals surface area contributed by atoms with Crippen molar-refractivity contribution in [1.29, 1.82) is 0 Å². The van der Waals surface area contributed by atoms with Gasteiger partial charge in [0.1, 0.15) is 5.82 Å². The van der Waals surface area contributed by atoms with E-state index in [9.17, 15) is 13.6 Å². The van der Waals surface area contributed by atoms with Gasteiger partial charge in [-0.15, -0.1) is 0 Å². The maximum absolute atomic E-state index is 15.9. The SMILES string of the molecule is C=C1C=C(C(F)F)C(c2cc(C3=CCCN(C(=O)OC(C)C)CC3)c(F)cc2N2CC(C)N(C)C(C)C2)=CN1.NC=O. The summed E-state index contributed by atoms with van der Waals surface area (Å²) in [7, 11) is 2.06. The van der Waals surface area contributed by atoms with Gasteiger partial charge in [-0.1, -0.05) is 12.7 Å². The number of amides is 2. The van der Waals surface area contributed by atoms with E-state index >= 15 is 4.39 Å². The average Bonchev–Trinajstić information content (AvgIpc) is 3.18. The van der Waals surface area contributed by atoms with Crippen molar-refractivity contribution < 1.29 is 27.5 Å². The first kappa shape index (κ1) is 32.8. The van der Waals surface area contributed by atoms with Crippen molar-refractivity contribution in [2.24, 2.45) is 5.73 Å². The zero-order chi connectivity index (χ0) is 31.1. The number of piperazine rings is 1. The minimum atomic E-state index is -2.72. The highest BCUT2D eigenvalue weighted by Gasteiger charge is 2.32. The van der Waals surface area contributed by atoms with Gasteiger partial charge in [0.2, 0.25) is 6.41 Å². The summed E-state index contributed by atoms with van der Waals surface area (Å²) < 4.78 is 49.7. The third kappa shape index (κ3) is 7.76. The number of carbonyl (C=O) groups is 2. The number of carbonyl (C=O) groups excluding carboxylic acids is 2. The van der Waals surface area contributed by atoms with Crippen molar-refractivity contribution in [2.75, 3.05) is 38.1 Å². The molecule has 0 radical (unpaired) electrons. The maximum Gasteiger partial charge on any atom is 0.410 e. The van der Waals surface area contributed by atoms with E-state index in [1.165, 1.54) is 12.1 Å². The highest BCUT2D eigenvalue weighted by atomic mass is 19.3. The molecule has 1 saturated heterocycles. The fourth-order valence-electron chi connectivity index (χ4n) is 5.42. The summed E-state index contributed by atoms with van der Waals surface area (Å²) >= 11 is 0. The molecule has 230 valence electrons. The lowest BCUT2D eigenvalue weighted by Crippen LogP contribution is -2.55. The molecule has 0 spiro atoms. The fourth-order valence-corrected chi connectivity index (χ4v) is 5.42. The molecule has 3 aliphatic rings. The first-order valence-corrected chi connectivity index (χ1v) is 14.1. The van der Waals surface area contributed by atoms with Gasteiger partial charge in [-0.25, -0.2) is 18.0 Å². The summed E-state index contributed by atoms with van der Waals surface area (Å²) in [6, 6.07) is 3.59. The van der Waals surface area contributed by atoms with Crippen molar-refractivity contribution in [3.05, 3.63) is 65.3 Å². The number of dihydropyridines is 1. The molecule has 1 aromatic carbocycles. The van der Waals surface area contributed by atoms with E-state index in [-0.39, 0.29) is 36.3 Å². The molecule has 0 aromatic heterocycles. The van der Waals surface area contributed by atoms with E-state index in [4.69, 9.17) is 9.53 Å². The van der Waals surface area contributed by atoms with Gasteiger partial charge in [0.15, 0.2) is 0 Å². The average molecular weight is 590 g/mol. The Morgan fingerprint density at radius 3 is 2.40 bits per heavy atom. The number of ether oxygens (including phenoxy) is 1. The summed E-state index contributed by atoms with van der Waals surface area (Å²) in [5.41, 5.74) is 6.96. The molecular weight excluding hydrogens is 547 g/mol. The van der Waals surface area contributed by atoms with Crippen molar-refractivity contribution in [2.45, 2.75) is 65.1 Å². The van der Waals surface area contributed by atoms with Gasteiger partial charge in [-0.05, 0) is 71.4 Å². The molecule has 4 rings (SSSR count). The monoisotopic (exact) mass is 589 g/mol. The number of nitrogens with two attached hydrogens (primary N) is 1. The lowest BCUT2D eigenvalue weighted by molar-refractivity contribution is -0.106. The molecule has 2 atom stereocenters. The molecule has 1 aromatic rings. The normalized spacial score (nSPS) is 21.5. The number of rotatable bonds is 5. The number of benzene rings is 1. The molecular formula is C31H42F3N5O3. The van der Waals surface area contributed by atoms with Crippen LogP contribution in [0.3, 0.4) is 0 Å². The molecule has 2 amide bonds. The quantitative estimate of drug-likeness (QED) is 0.463. The van der Waals surface area contributed by atoms with Gasteiger partial charge in [-0.2, -0.15) is 0 Å². The van der Waals surface area contributed by atoms with Crippen LogP contribution < -0.4 is 16.0 Å². The Morgan fingerprint density at radius 1 is 1.17 bits per heavy atom. The third-order valence-corrected chi connectivity index (χ3v) is 7.74. The Hall–Kier alpha value is -3.73. The number of likely N-dealkylation sites (N-methyl/N-ethyl adjacent to an activating group) is 1. The fraction of sp³-hybridized carbons (Fsp3) is 0.484. The molecule has 11 heteroatoms. The van der Waals surface area contributed by atoms with Crippen molar-refractivity contribution >= 4 is 29.3 Å². The Kier molecular flexibility index (Phi) is 11.3. The Morgan fingerprint density at radius 2 is 1.81 bits per heavy atom. The predicted octanol–water partition coefficient (Wildman–Crippen LogP) is 5.13. The van der Waals surface area contributed by atoms with Gasteiger partial charge in [0, 0.05) is 78.1 Å². The molecule has 0 aliphatic carbocycles. The minimum absolute atomic E-state index is 0.148. The van der Waals surface area contributed by atoms with Crippen LogP contribution in [0.1, 0.15) is 51.7 Å². The summed E-state index contributed by atoms with van der Waals surface area (Å²) in [5, 5.41) is 2.97. The Labute approximate surface area is 246 Å². The lowest BCUT2D eigenvalue weighted by Gasteiger charge is -2.44. The van der Waals surface area contributed by atoms with E-state index in [2.05, 4.69) is 48.3 Å². The van der Waals surface area contributed by atoms with E-state index in [0.717, 1.165) is 5.57 Å². The topological polar surface area (TPSA) is 91.1 Å². The van der Waals surface area contributed by atoms with E-state index in [1.54, 1.807) is 31.0 Å². The second kappa shape index (κ2) is 14.4. The molecule has 42 heavy (non-hydrogen) atoms. The molecule has 3 heterocycles. The predicted molar refractivity (Wildman–Crippen MR) is 160 cm³/mol. The number of halogens is 3. The van der Waals surface area contributed by atoms with Gasteiger partial charge < -0.3 is 25.6 Å². The van der Waals surface area contributed by atoms with Crippen molar-refractivity contribution in [3.8, 4) is 0 Å². The van der Waals surface area contributed by atoms with Gasteiger partial charge >= 0.3 is 6.09 Å². The molecule has 3 N–H and O–H groups in total. The van der Waals surface area contributed by atoms with Crippen LogP contribution >= 0.6 is 0 Å². The number of allylic oxidation sites excluding steroid dienone is 3. The Bertz CT molecular complexity index is 1250. The molecule has 2 unspecified atom stereocenters. The second-order valence-electron chi connectivity index (χ2n) is 11.1. The number of hydrogen-bond donors (Lipinski definition) is 2. The van der Waals surface area contributed by atoms with Gasteiger partial charge in [0.25, 0.3) is 6.43 Å². The van der Waals surface area contributed by atoms with E-state index < -0.39 is 12.2 Å². The maximum atomic E-state index is 15.9. The zero-order valence-electron chi connectivity index (χ0n) is 25.0. The number of primary amides is 1. The Balaban J connectivity index is 0.00000155. The van der Waals surface area contributed by atoms with Crippen LogP contribution in [-0.2, 0) is 9.53 Å². The van der Waals surface area contributed by atoms with Crippen molar-refractivity contribution in [1.82, 2.24) is 15.1 Å². The van der Waals surface area contributed by atoms with Crippen LogP contribution in [0.4, 0.5) is 23.7 Å². The van der Waals surface area contributed by atoms with E-state index in [0.29, 0.717) is 67.1 Å². The highest BCUT2D eigenvalue weighted by molar-refractivity contribution is 5.90. The van der Waals surface area contributed by atoms with Crippen LogP contribution in [0.25, 0.3) is 11.1 Å². The molecule has 0 saturated carbocycles. The van der Waals surface area contributed by atoms with Gasteiger partial charge in [-0.3, -0.25) is 9.69 Å². The second-order valence-corrected chi connectivity index (χ2v) is 11.1. The summed E-state index contributed by atoms with van der Waals surface area (Å²) in [4.78, 5) is 27.0. The number of anilines is 1. The highest BCUT2D eigenvalue weighted by Crippen LogP contribution is 2.40. The standard InChI is InChI=1S/C30H39F3N4O2.CH3NO/c1-18(2)39-30(38)36-10-7-8-22(9-11-36)23-13-24(26-15-34-19(3)12-25(26)29(32)33)28(14-27(23)31)37-16-20(4)35(6)21(5)17-37;2-1-3/h8,12-15,18,20-21,29,34H,3,7,9-11,16-17H2,1-2,4-6H3;1H,(H2,2,3). The number of nitrogens with one attached hydrogen (secondary N) is 1. The number of alkyl halides is 2. The number of hydrogen-bond acceptors (Lipinski definition) is 6.